The van der Waals surface area contributed by atoms with E-state index in [1.165, 1.54) is 36.4 Å². The lowest BCUT2D eigenvalue weighted by Crippen LogP contribution is -2.05. The number of rotatable bonds is 8. The Morgan fingerprint density at radius 3 is 2.08 bits per heavy atom. The van der Waals surface area contributed by atoms with Crippen LogP contribution in [0.2, 0.25) is 0 Å². The van der Waals surface area contributed by atoms with Gasteiger partial charge in [-0.3, -0.25) is 4.79 Å². The van der Waals surface area contributed by atoms with Crippen LogP contribution in [0.5, 0.6) is 23.0 Å². The summed E-state index contributed by atoms with van der Waals surface area (Å²) in [5.41, 5.74) is -0.123. The number of esters is 1. The Kier molecular flexibility index (Phi) is 6.13. The zero-order chi connectivity index (χ0) is 19.1. The first-order valence-corrected chi connectivity index (χ1v) is 7.41. The average molecular weight is 356 g/mol. The van der Waals surface area contributed by atoms with Crippen LogP contribution in [-0.4, -0.2) is 28.6 Å². The van der Waals surface area contributed by atoms with Crippen molar-refractivity contribution in [1.29, 1.82) is 0 Å². The van der Waals surface area contributed by atoms with Crippen molar-refractivity contribution >= 4 is 11.8 Å². The second-order valence-electron chi connectivity index (χ2n) is 4.97. The van der Waals surface area contributed by atoms with Gasteiger partial charge in [0.1, 0.15) is 23.9 Å². The van der Waals surface area contributed by atoms with Gasteiger partial charge in [0, 0.05) is 18.2 Å². The van der Waals surface area contributed by atoms with Gasteiger partial charge in [0.2, 0.25) is 0 Å². The molecule has 0 atom stereocenters. The van der Waals surface area contributed by atoms with Gasteiger partial charge >= 0.3 is 5.97 Å². The van der Waals surface area contributed by atoms with Gasteiger partial charge < -0.3 is 19.8 Å². The zero-order valence-corrected chi connectivity index (χ0v) is 13.7. The smallest absolute Gasteiger partial charge is 0.335 e. The van der Waals surface area contributed by atoms with Gasteiger partial charge in [-0.15, -0.1) is 6.58 Å². The molecule has 0 spiro atoms. The van der Waals surface area contributed by atoms with E-state index < -0.39 is 17.5 Å². The molecule has 0 saturated carbocycles. The SMILES string of the molecule is C=CCOOc1ccc(C(=O)c2ccc(OC(=O)C=C)cc2O)c(O)c1. The molecular formula is C19H16O7. The van der Waals surface area contributed by atoms with Crippen LogP contribution >= 0.6 is 0 Å². The minimum absolute atomic E-state index is 0.0489. The Labute approximate surface area is 149 Å². The van der Waals surface area contributed by atoms with Crippen LogP contribution in [0.4, 0.5) is 0 Å². The molecule has 0 aliphatic carbocycles. The molecule has 0 bridgehead atoms. The molecular weight excluding hydrogens is 340 g/mol. The summed E-state index contributed by atoms with van der Waals surface area (Å²) < 4.78 is 4.86. The number of hydrogen-bond acceptors (Lipinski definition) is 7. The molecule has 2 N–H and O–H groups in total. The van der Waals surface area contributed by atoms with Gasteiger partial charge in [-0.2, -0.15) is 4.89 Å². The van der Waals surface area contributed by atoms with Crippen molar-refractivity contribution in [1.82, 2.24) is 0 Å². The highest BCUT2D eigenvalue weighted by Crippen LogP contribution is 2.30. The fourth-order valence-electron chi connectivity index (χ4n) is 1.98. The van der Waals surface area contributed by atoms with Crippen LogP contribution in [0.1, 0.15) is 15.9 Å². The Morgan fingerprint density at radius 2 is 1.54 bits per heavy atom. The van der Waals surface area contributed by atoms with Crippen molar-refractivity contribution in [2.24, 2.45) is 0 Å². The lowest BCUT2D eigenvalue weighted by molar-refractivity contribution is -0.195. The van der Waals surface area contributed by atoms with E-state index in [0.29, 0.717) is 0 Å². The third kappa shape index (κ3) is 4.49. The maximum Gasteiger partial charge on any atom is 0.335 e. The highest BCUT2D eigenvalue weighted by Gasteiger charge is 2.19. The maximum absolute atomic E-state index is 12.5. The molecule has 0 radical (unpaired) electrons. The largest absolute Gasteiger partial charge is 0.507 e. The number of ether oxygens (including phenoxy) is 1. The number of ketones is 1. The molecule has 0 unspecified atom stereocenters. The molecule has 134 valence electrons. The molecule has 0 fully saturated rings. The Bertz CT molecular complexity index is 855. The molecule has 7 heteroatoms. The average Bonchev–Trinajstić information content (AvgIpc) is 2.61. The van der Waals surface area contributed by atoms with Crippen LogP contribution in [0.3, 0.4) is 0 Å². The minimum Gasteiger partial charge on any atom is -0.507 e. The molecule has 0 heterocycles. The lowest BCUT2D eigenvalue weighted by atomic mass is 10.0. The summed E-state index contributed by atoms with van der Waals surface area (Å²) in [4.78, 5) is 33.4. The van der Waals surface area contributed by atoms with Crippen molar-refractivity contribution in [3.05, 3.63) is 72.8 Å². The Balaban J connectivity index is 2.21. The molecule has 2 aromatic rings. The van der Waals surface area contributed by atoms with Crippen LogP contribution in [0.25, 0.3) is 0 Å². The highest BCUT2D eigenvalue weighted by molar-refractivity contribution is 6.12. The number of carbonyl (C=O) groups excluding carboxylic acids is 2. The summed E-state index contributed by atoms with van der Waals surface area (Å²) in [6.07, 6.45) is 2.45. The van der Waals surface area contributed by atoms with Crippen molar-refractivity contribution in [2.75, 3.05) is 6.61 Å². The van der Waals surface area contributed by atoms with E-state index in [1.807, 2.05) is 0 Å². The molecule has 2 aromatic carbocycles. The monoisotopic (exact) mass is 356 g/mol. The van der Waals surface area contributed by atoms with Crippen LogP contribution in [-0.2, 0) is 9.68 Å². The molecule has 7 nitrogen and oxygen atoms in total. The van der Waals surface area contributed by atoms with Gasteiger partial charge in [0.05, 0.1) is 11.1 Å². The fourth-order valence-corrected chi connectivity index (χ4v) is 1.98. The van der Waals surface area contributed by atoms with E-state index in [0.717, 1.165) is 12.1 Å². The molecule has 0 aliphatic heterocycles. The van der Waals surface area contributed by atoms with Gasteiger partial charge in [-0.1, -0.05) is 12.7 Å². The minimum atomic E-state index is -0.699. The van der Waals surface area contributed by atoms with E-state index in [1.54, 1.807) is 0 Å². The van der Waals surface area contributed by atoms with Gasteiger partial charge in [-0.05, 0) is 24.3 Å². The third-order valence-electron chi connectivity index (χ3n) is 3.15. The quantitative estimate of drug-likeness (QED) is 0.110. The van der Waals surface area contributed by atoms with Gasteiger partial charge in [0.25, 0.3) is 0 Å². The second kappa shape index (κ2) is 8.50. The lowest BCUT2D eigenvalue weighted by Gasteiger charge is -2.09. The number of aromatic hydroxyl groups is 2. The number of carbonyl (C=O) groups is 2. The van der Waals surface area contributed by atoms with Crippen LogP contribution in [0.15, 0.2) is 61.7 Å². The predicted molar refractivity (Wildman–Crippen MR) is 92.3 cm³/mol. The Hall–Kier alpha value is -3.58. The fraction of sp³-hybridized carbons (Fsp3) is 0.0526. The van der Waals surface area contributed by atoms with Crippen molar-refractivity contribution < 1.29 is 34.3 Å². The van der Waals surface area contributed by atoms with E-state index >= 15 is 0 Å². The number of phenolic OH excluding ortho intramolecular Hbond substituents is 2. The summed E-state index contributed by atoms with van der Waals surface area (Å²) in [6.45, 7) is 6.87. The predicted octanol–water partition coefficient (Wildman–Crippen LogP) is 2.92. The maximum atomic E-state index is 12.5. The highest BCUT2D eigenvalue weighted by atomic mass is 17.2. The van der Waals surface area contributed by atoms with Crippen molar-refractivity contribution in [3.8, 4) is 23.0 Å². The standard InChI is InChI=1S/C19H16O7/c1-3-9-24-26-13-6-8-15(17(21)11-13)19(23)14-7-5-12(10-16(14)20)25-18(22)4-2/h3-8,10-11,20-21H,1-2,9H2. The summed E-state index contributed by atoms with van der Waals surface area (Å²) >= 11 is 0. The summed E-state index contributed by atoms with van der Waals surface area (Å²) in [7, 11) is 0. The van der Waals surface area contributed by atoms with E-state index in [-0.39, 0.29) is 35.0 Å². The summed E-state index contributed by atoms with van der Waals surface area (Å²) in [5, 5.41) is 20.1. The van der Waals surface area contributed by atoms with Crippen molar-refractivity contribution in [3.63, 3.8) is 0 Å². The second-order valence-corrected chi connectivity index (χ2v) is 4.97. The van der Waals surface area contributed by atoms with Gasteiger partial charge in [0.15, 0.2) is 11.5 Å². The molecule has 0 aliphatic rings. The van der Waals surface area contributed by atoms with E-state index in [4.69, 9.17) is 14.5 Å². The molecule has 26 heavy (non-hydrogen) atoms. The van der Waals surface area contributed by atoms with Gasteiger partial charge in [-0.25, -0.2) is 4.79 Å². The first-order chi connectivity index (χ1) is 12.5. The molecule has 0 saturated heterocycles. The summed E-state index contributed by atoms with van der Waals surface area (Å²) in [6, 6.07) is 7.69. The third-order valence-corrected chi connectivity index (χ3v) is 3.15. The first-order valence-electron chi connectivity index (χ1n) is 7.41. The van der Waals surface area contributed by atoms with E-state index in [2.05, 4.69) is 13.2 Å². The normalized spacial score (nSPS) is 10.0. The van der Waals surface area contributed by atoms with Crippen LogP contribution < -0.4 is 9.62 Å². The number of phenols is 2. The number of hydrogen-bond donors (Lipinski definition) is 2. The number of benzene rings is 2. The topological polar surface area (TPSA) is 102 Å². The molecule has 0 aromatic heterocycles. The first kappa shape index (κ1) is 18.8. The summed E-state index contributed by atoms with van der Waals surface area (Å²) in [5.74, 6) is -1.83. The van der Waals surface area contributed by atoms with E-state index in [9.17, 15) is 19.8 Å². The molecule has 2 rings (SSSR count). The zero-order valence-electron chi connectivity index (χ0n) is 13.7. The van der Waals surface area contributed by atoms with Crippen molar-refractivity contribution in [2.45, 2.75) is 0 Å². The van der Waals surface area contributed by atoms with Crippen LogP contribution in [0, 0.1) is 0 Å². The Morgan fingerprint density at radius 1 is 0.962 bits per heavy atom. The molecule has 0 amide bonds.